The van der Waals surface area contributed by atoms with Crippen LogP contribution in [0.15, 0.2) is 72.8 Å². The molecule has 3 aromatic carbocycles. The average molecular weight is 442 g/mol. The van der Waals surface area contributed by atoms with Gasteiger partial charge in [-0.2, -0.15) is 13.2 Å². The van der Waals surface area contributed by atoms with Crippen LogP contribution in [0.2, 0.25) is 0 Å². The summed E-state index contributed by atoms with van der Waals surface area (Å²) in [5.74, 6) is 0.695. The average Bonchev–Trinajstić information content (AvgIpc) is 2.70. The molecule has 0 fully saturated rings. The third kappa shape index (κ3) is 6.91. The third-order valence-corrected chi connectivity index (χ3v) is 4.40. The van der Waals surface area contributed by atoms with Crippen molar-refractivity contribution in [3.05, 3.63) is 95.1 Å². The van der Waals surface area contributed by atoms with E-state index in [-0.39, 0.29) is 13.0 Å². The number of aryl methyl sites for hydroxylation is 1. The van der Waals surface area contributed by atoms with Gasteiger partial charge in [-0.1, -0.05) is 30.3 Å². The van der Waals surface area contributed by atoms with Gasteiger partial charge in [-0.15, -0.1) is 0 Å². The van der Waals surface area contributed by atoms with Crippen molar-refractivity contribution in [2.75, 3.05) is 6.61 Å². The topological polar surface area (TPSA) is 55.8 Å². The highest BCUT2D eigenvalue weighted by molar-refractivity contribution is 5.70. The highest BCUT2D eigenvalue weighted by Gasteiger charge is 2.29. The molecule has 0 saturated carbocycles. The summed E-state index contributed by atoms with van der Waals surface area (Å²) in [4.78, 5) is 11.0. The molecule has 0 aromatic heterocycles. The number of carboxylic acid groups (broad SMARTS) is 1. The van der Waals surface area contributed by atoms with Crippen LogP contribution in [0.4, 0.5) is 13.2 Å². The Labute approximate surface area is 183 Å². The van der Waals surface area contributed by atoms with Crippen LogP contribution in [-0.4, -0.2) is 17.7 Å². The molecule has 1 N–H and O–H groups in total. The molecule has 0 aliphatic heterocycles. The lowest BCUT2D eigenvalue weighted by molar-refractivity contribution is -0.138. The standard InChI is InChI=1S/C25H21F3O4/c1-17-12-19(15-24(29)30)14-23(13-17)32-22-6-2-5-21(16-22)31-11-3-4-18-7-9-20(10-8-18)25(26,27)28/h2-10,12-14,16H,11,15H2,1H3,(H,29,30). The minimum atomic E-state index is -4.35. The molecular formula is C25H21F3O4. The van der Waals surface area contributed by atoms with Gasteiger partial charge in [-0.05, 0) is 66.1 Å². The lowest BCUT2D eigenvalue weighted by atomic mass is 10.1. The van der Waals surface area contributed by atoms with Gasteiger partial charge < -0.3 is 14.6 Å². The summed E-state index contributed by atoms with van der Waals surface area (Å²) in [5.41, 5.74) is 1.48. The summed E-state index contributed by atoms with van der Waals surface area (Å²) in [6, 6.07) is 17.1. The second-order valence-corrected chi connectivity index (χ2v) is 7.13. The van der Waals surface area contributed by atoms with E-state index >= 15 is 0 Å². The summed E-state index contributed by atoms with van der Waals surface area (Å²) < 4.78 is 49.3. The zero-order valence-electron chi connectivity index (χ0n) is 17.2. The Bertz CT molecular complexity index is 1100. The maximum absolute atomic E-state index is 12.6. The van der Waals surface area contributed by atoms with Crippen LogP contribution in [0, 0.1) is 6.92 Å². The van der Waals surface area contributed by atoms with Gasteiger partial charge >= 0.3 is 12.1 Å². The quantitative estimate of drug-likeness (QED) is 0.431. The summed E-state index contributed by atoms with van der Waals surface area (Å²) in [6.45, 7) is 2.08. The number of rotatable bonds is 8. The molecule has 0 bridgehead atoms. The monoisotopic (exact) mass is 442 g/mol. The number of hydrogen-bond acceptors (Lipinski definition) is 3. The minimum Gasteiger partial charge on any atom is -0.489 e. The number of carbonyl (C=O) groups is 1. The van der Waals surface area contributed by atoms with Crippen LogP contribution in [0.5, 0.6) is 17.2 Å². The van der Waals surface area contributed by atoms with Crippen molar-refractivity contribution in [2.24, 2.45) is 0 Å². The molecule has 3 rings (SSSR count). The maximum atomic E-state index is 12.6. The van der Waals surface area contributed by atoms with Crippen molar-refractivity contribution in [1.29, 1.82) is 0 Å². The SMILES string of the molecule is Cc1cc(CC(=O)O)cc(Oc2cccc(OCC=Cc3ccc(C(F)(F)F)cc3)c2)c1. The Morgan fingerprint density at radius 2 is 1.69 bits per heavy atom. The molecule has 0 aliphatic carbocycles. The number of halogens is 3. The first-order valence-electron chi connectivity index (χ1n) is 9.76. The highest BCUT2D eigenvalue weighted by Crippen LogP contribution is 2.29. The van der Waals surface area contributed by atoms with Gasteiger partial charge in [0, 0.05) is 6.07 Å². The molecule has 0 amide bonds. The second-order valence-electron chi connectivity index (χ2n) is 7.13. The van der Waals surface area contributed by atoms with Crippen LogP contribution in [0.1, 0.15) is 22.3 Å². The van der Waals surface area contributed by atoms with Crippen LogP contribution in [0.25, 0.3) is 6.08 Å². The molecule has 0 saturated heterocycles. The van der Waals surface area contributed by atoms with E-state index in [1.54, 1.807) is 48.6 Å². The van der Waals surface area contributed by atoms with E-state index in [4.69, 9.17) is 14.6 Å². The normalized spacial score (nSPS) is 11.5. The third-order valence-electron chi connectivity index (χ3n) is 4.40. The maximum Gasteiger partial charge on any atom is 0.416 e. The number of ether oxygens (including phenoxy) is 2. The lowest BCUT2D eigenvalue weighted by Gasteiger charge is -2.10. The summed E-state index contributed by atoms with van der Waals surface area (Å²) in [6.07, 6.45) is -1.06. The summed E-state index contributed by atoms with van der Waals surface area (Å²) >= 11 is 0. The first-order chi connectivity index (χ1) is 15.2. The number of carboxylic acids is 1. The van der Waals surface area contributed by atoms with Gasteiger partial charge in [0.2, 0.25) is 0 Å². The predicted octanol–water partition coefficient (Wildman–Crippen LogP) is 6.53. The van der Waals surface area contributed by atoms with Crippen molar-refractivity contribution in [3.63, 3.8) is 0 Å². The van der Waals surface area contributed by atoms with E-state index in [0.717, 1.165) is 17.7 Å². The zero-order valence-corrected chi connectivity index (χ0v) is 17.2. The van der Waals surface area contributed by atoms with Crippen molar-refractivity contribution >= 4 is 12.0 Å². The van der Waals surface area contributed by atoms with Gasteiger partial charge in [0.05, 0.1) is 12.0 Å². The van der Waals surface area contributed by atoms with Crippen molar-refractivity contribution in [1.82, 2.24) is 0 Å². The fraction of sp³-hybridized carbons (Fsp3) is 0.160. The largest absolute Gasteiger partial charge is 0.489 e. The number of hydrogen-bond donors (Lipinski definition) is 1. The van der Waals surface area contributed by atoms with Crippen molar-refractivity contribution in [3.8, 4) is 17.2 Å². The Hall–Kier alpha value is -3.74. The van der Waals surface area contributed by atoms with E-state index in [9.17, 15) is 18.0 Å². The minimum absolute atomic E-state index is 0.0908. The lowest BCUT2D eigenvalue weighted by Crippen LogP contribution is -2.03. The fourth-order valence-corrected chi connectivity index (χ4v) is 3.04. The smallest absolute Gasteiger partial charge is 0.416 e. The molecule has 3 aromatic rings. The van der Waals surface area contributed by atoms with Gasteiger partial charge in [-0.3, -0.25) is 4.79 Å². The Morgan fingerprint density at radius 1 is 0.969 bits per heavy atom. The fourth-order valence-electron chi connectivity index (χ4n) is 3.04. The van der Waals surface area contributed by atoms with Crippen LogP contribution in [-0.2, 0) is 17.4 Å². The van der Waals surface area contributed by atoms with E-state index in [1.165, 1.54) is 12.1 Å². The summed E-state index contributed by atoms with van der Waals surface area (Å²) in [5, 5.41) is 8.99. The Morgan fingerprint density at radius 3 is 2.38 bits per heavy atom. The summed E-state index contributed by atoms with van der Waals surface area (Å²) in [7, 11) is 0. The molecule has 0 heterocycles. The highest BCUT2D eigenvalue weighted by atomic mass is 19.4. The number of aliphatic carboxylic acids is 1. The van der Waals surface area contributed by atoms with Gasteiger partial charge in [0.25, 0.3) is 0 Å². The van der Waals surface area contributed by atoms with Gasteiger partial charge in [-0.25, -0.2) is 0 Å². The number of benzene rings is 3. The van der Waals surface area contributed by atoms with Gasteiger partial charge in [0.1, 0.15) is 23.9 Å². The molecule has 0 atom stereocenters. The molecule has 7 heteroatoms. The first-order valence-corrected chi connectivity index (χ1v) is 9.76. The molecule has 166 valence electrons. The van der Waals surface area contributed by atoms with Gasteiger partial charge in [0.15, 0.2) is 0 Å². The second kappa shape index (κ2) is 10.0. The molecule has 0 radical (unpaired) electrons. The molecule has 0 unspecified atom stereocenters. The molecule has 0 aliphatic rings. The van der Waals surface area contributed by atoms with Crippen molar-refractivity contribution in [2.45, 2.75) is 19.5 Å². The van der Waals surface area contributed by atoms with Crippen LogP contribution < -0.4 is 9.47 Å². The van der Waals surface area contributed by atoms with E-state index < -0.39 is 17.7 Å². The van der Waals surface area contributed by atoms with Crippen LogP contribution in [0.3, 0.4) is 0 Å². The van der Waals surface area contributed by atoms with E-state index in [0.29, 0.717) is 28.4 Å². The van der Waals surface area contributed by atoms with Crippen LogP contribution >= 0.6 is 0 Å². The molecule has 0 spiro atoms. The number of alkyl halides is 3. The molecular weight excluding hydrogens is 421 g/mol. The molecule has 4 nitrogen and oxygen atoms in total. The van der Waals surface area contributed by atoms with E-state index in [2.05, 4.69) is 0 Å². The Balaban J connectivity index is 1.59. The predicted molar refractivity (Wildman–Crippen MR) is 115 cm³/mol. The first kappa shape index (κ1) is 22.9. The molecule has 32 heavy (non-hydrogen) atoms. The zero-order chi connectivity index (χ0) is 23.1. The van der Waals surface area contributed by atoms with E-state index in [1.807, 2.05) is 13.0 Å². The Kier molecular flexibility index (Phi) is 7.20. The van der Waals surface area contributed by atoms with Crippen molar-refractivity contribution < 1.29 is 32.5 Å².